The Morgan fingerprint density at radius 3 is 1.75 bits per heavy atom. The molecule has 0 spiro atoms. The molecule has 1 aliphatic carbocycles. The summed E-state index contributed by atoms with van der Waals surface area (Å²) in [6.07, 6.45) is 1.85. The van der Waals surface area contributed by atoms with Crippen molar-refractivity contribution in [3.63, 3.8) is 0 Å². The van der Waals surface area contributed by atoms with Crippen molar-refractivity contribution in [1.82, 2.24) is 0 Å². The molecule has 4 aromatic rings. The number of fused-ring (bicyclic) bond motifs is 3. The Labute approximate surface area is 233 Å². The largest absolute Gasteiger partial charge is 0.365 e. The summed E-state index contributed by atoms with van der Waals surface area (Å²) < 4.78 is 0. The average molecular weight is 531 g/mol. The first-order chi connectivity index (χ1) is 19.5. The van der Waals surface area contributed by atoms with Gasteiger partial charge in [0.15, 0.2) is 0 Å². The number of carbonyl (C=O) groups excluding carboxylic acids is 2. The predicted octanol–water partition coefficient (Wildman–Crippen LogP) is 7.57. The topological polar surface area (TPSA) is 77.3 Å². The molecule has 0 atom stereocenters. The van der Waals surface area contributed by atoms with Gasteiger partial charge in [-0.25, -0.2) is 9.59 Å². The molecule has 0 amide bonds. The van der Waals surface area contributed by atoms with Crippen molar-refractivity contribution >= 4 is 23.4 Å². The highest BCUT2D eigenvalue weighted by Crippen LogP contribution is 2.52. The zero-order chi connectivity index (χ0) is 28.1. The second-order valence-electron chi connectivity index (χ2n) is 9.70. The number of oxime groups is 2. The van der Waals surface area contributed by atoms with Gasteiger partial charge < -0.3 is 9.68 Å². The molecule has 0 heterocycles. The smallest absolute Gasteiger partial charge is 0.312 e. The Balaban J connectivity index is 1.55. The molecule has 40 heavy (non-hydrogen) atoms. The molecule has 0 saturated carbocycles. The van der Waals surface area contributed by atoms with Crippen LogP contribution in [0.2, 0.25) is 0 Å². The summed E-state index contributed by atoms with van der Waals surface area (Å²) in [5.74, 6) is -1.20. The molecular weight excluding hydrogens is 500 g/mol. The van der Waals surface area contributed by atoms with E-state index in [-0.39, 0.29) is 5.41 Å². The fourth-order valence-electron chi connectivity index (χ4n) is 5.44. The summed E-state index contributed by atoms with van der Waals surface area (Å²) in [4.78, 5) is 35.9. The zero-order valence-corrected chi connectivity index (χ0v) is 22.8. The molecule has 0 unspecified atom stereocenters. The summed E-state index contributed by atoms with van der Waals surface area (Å²) in [6, 6.07) is 31.9. The van der Waals surface area contributed by atoms with Crippen LogP contribution in [0.25, 0.3) is 11.1 Å². The fraction of sp³-hybridized carbons (Fsp3) is 0.176. The van der Waals surface area contributed by atoms with E-state index in [0.29, 0.717) is 28.1 Å². The highest BCUT2D eigenvalue weighted by atomic mass is 16.7. The van der Waals surface area contributed by atoms with Crippen LogP contribution in [0.15, 0.2) is 113 Å². The molecule has 1 aliphatic rings. The Bertz CT molecular complexity index is 1600. The molecule has 6 nitrogen and oxygen atoms in total. The first kappa shape index (κ1) is 26.8. The highest BCUT2D eigenvalue weighted by Gasteiger charge is 2.40. The SMILES string of the molecule is CCC1(CC)c2ccccc2-c2ccc(C(=N\OC(=O)c3ccccc3)/C(C)=N/OC(=O)c3ccccc3)cc21. The lowest BCUT2D eigenvalue weighted by Gasteiger charge is -2.30. The first-order valence-electron chi connectivity index (χ1n) is 13.4. The average Bonchev–Trinajstić information content (AvgIpc) is 3.30. The van der Waals surface area contributed by atoms with Crippen molar-refractivity contribution in [2.45, 2.75) is 39.0 Å². The van der Waals surface area contributed by atoms with Gasteiger partial charge in [-0.2, -0.15) is 0 Å². The van der Waals surface area contributed by atoms with Crippen LogP contribution in [-0.4, -0.2) is 23.4 Å². The van der Waals surface area contributed by atoms with Gasteiger partial charge in [0.25, 0.3) is 0 Å². The molecule has 200 valence electrons. The van der Waals surface area contributed by atoms with Gasteiger partial charge in [0.05, 0.1) is 11.1 Å². The fourth-order valence-corrected chi connectivity index (χ4v) is 5.44. The maximum absolute atomic E-state index is 12.7. The van der Waals surface area contributed by atoms with E-state index in [1.165, 1.54) is 22.3 Å². The van der Waals surface area contributed by atoms with Crippen LogP contribution in [0.3, 0.4) is 0 Å². The molecule has 6 heteroatoms. The van der Waals surface area contributed by atoms with E-state index < -0.39 is 11.9 Å². The Hall–Kier alpha value is -4.84. The van der Waals surface area contributed by atoms with Crippen LogP contribution in [-0.2, 0) is 15.1 Å². The van der Waals surface area contributed by atoms with E-state index in [1.54, 1.807) is 55.5 Å². The molecule has 0 saturated heterocycles. The van der Waals surface area contributed by atoms with Crippen molar-refractivity contribution in [2.24, 2.45) is 10.3 Å². The third-order valence-corrected chi connectivity index (χ3v) is 7.60. The molecular formula is C34H30N2O4. The van der Waals surface area contributed by atoms with E-state index in [4.69, 9.17) is 9.68 Å². The minimum Gasteiger partial charge on any atom is -0.312 e. The van der Waals surface area contributed by atoms with Gasteiger partial charge >= 0.3 is 11.9 Å². The summed E-state index contributed by atoms with van der Waals surface area (Å²) >= 11 is 0. The van der Waals surface area contributed by atoms with Crippen LogP contribution >= 0.6 is 0 Å². The van der Waals surface area contributed by atoms with E-state index in [1.807, 2.05) is 18.2 Å². The van der Waals surface area contributed by atoms with Crippen molar-refractivity contribution < 1.29 is 19.3 Å². The third kappa shape index (κ3) is 4.96. The molecule has 0 radical (unpaired) electrons. The number of carbonyl (C=O) groups is 2. The molecule has 0 aliphatic heterocycles. The number of rotatable bonds is 8. The van der Waals surface area contributed by atoms with Crippen LogP contribution in [0.5, 0.6) is 0 Å². The number of benzene rings is 4. The summed E-state index contributed by atoms with van der Waals surface area (Å²) in [6.45, 7) is 6.07. The van der Waals surface area contributed by atoms with Crippen LogP contribution in [0.4, 0.5) is 0 Å². The third-order valence-electron chi connectivity index (χ3n) is 7.60. The number of hydrogen-bond donors (Lipinski definition) is 0. The van der Waals surface area contributed by atoms with Gasteiger partial charge in [0.2, 0.25) is 0 Å². The molecule has 0 aromatic heterocycles. The quantitative estimate of drug-likeness (QED) is 0.134. The van der Waals surface area contributed by atoms with Crippen LogP contribution in [0.1, 0.15) is 71.0 Å². The minimum absolute atomic E-state index is 0.154. The number of hydrogen-bond acceptors (Lipinski definition) is 6. The van der Waals surface area contributed by atoms with Gasteiger partial charge in [0.1, 0.15) is 11.4 Å². The number of nitrogens with zero attached hydrogens (tertiary/aromatic N) is 2. The van der Waals surface area contributed by atoms with Crippen molar-refractivity contribution in [1.29, 1.82) is 0 Å². The minimum atomic E-state index is -0.600. The second kappa shape index (κ2) is 11.5. The Kier molecular flexibility index (Phi) is 7.69. The summed E-state index contributed by atoms with van der Waals surface area (Å²) in [5, 5.41) is 8.32. The van der Waals surface area contributed by atoms with Crippen molar-refractivity contribution in [3.05, 3.63) is 131 Å². The summed E-state index contributed by atoms with van der Waals surface area (Å²) in [5.41, 5.74) is 6.78. The zero-order valence-electron chi connectivity index (χ0n) is 22.8. The maximum atomic E-state index is 12.7. The molecule has 5 rings (SSSR count). The monoisotopic (exact) mass is 530 g/mol. The predicted molar refractivity (Wildman–Crippen MR) is 157 cm³/mol. The molecule has 0 N–H and O–H groups in total. The highest BCUT2D eigenvalue weighted by molar-refractivity contribution is 6.47. The lowest BCUT2D eigenvalue weighted by atomic mass is 9.73. The standard InChI is InChI=1S/C34H30N2O4/c1-4-34(5-2)29-19-13-12-18-27(29)28-21-20-26(22-30(28)34)31(36-40-33(38)25-16-10-7-11-17-25)23(3)35-39-32(37)24-14-8-6-9-15-24/h6-22H,4-5H2,1-3H3/b35-23+,36-31-. The molecule has 0 bridgehead atoms. The Morgan fingerprint density at radius 1 is 0.625 bits per heavy atom. The van der Waals surface area contributed by atoms with Gasteiger partial charge in [-0.05, 0) is 72.4 Å². The van der Waals surface area contributed by atoms with Crippen molar-refractivity contribution in [2.75, 3.05) is 0 Å². The normalized spacial score (nSPS) is 13.8. The first-order valence-corrected chi connectivity index (χ1v) is 13.4. The van der Waals surface area contributed by atoms with E-state index >= 15 is 0 Å². The second-order valence-corrected chi connectivity index (χ2v) is 9.70. The van der Waals surface area contributed by atoms with Gasteiger partial charge in [-0.1, -0.05) is 97.0 Å². The van der Waals surface area contributed by atoms with Crippen LogP contribution in [0, 0.1) is 0 Å². The Morgan fingerprint density at radius 2 is 1.15 bits per heavy atom. The van der Waals surface area contributed by atoms with Crippen LogP contribution < -0.4 is 0 Å². The van der Waals surface area contributed by atoms with E-state index in [2.05, 4.69) is 60.6 Å². The van der Waals surface area contributed by atoms with Gasteiger partial charge in [0, 0.05) is 11.0 Å². The van der Waals surface area contributed by atoms with E-state index in [0.717, 1.165) is 12.8 Å². The van der Waals surface area contributed by atoms with Gasteiger partial charge in [-0.3, -0.25) is 0 Å². The lowest BCUT2D eigenvalue weighted by molar-refractivity contribution is 0.0502. The van der Waals surface area contributed by atoms with Gasteiger partial charge in [-0.15, -0.1) is 0 Å². The van der Waals surface area contributed by atoms with E-state index in [9.17, 15) is 9.59 Å². The van der Waals surface area contributed by atoms with Crippen molar-refractivity contribution in [3.8, 4) is 11.1 Å². The maximum Gasteiger partial charge on any atom is 0.365 e. The molecule has 4 aromatic carbocycles. The molecule has 0 fully saturated rings. The lowest BCUT2D eigenvalue weighted by Crippen LogP contribution is -2.24. The summed E-state index contributed by atoms with van der Waals surface area (Å²) in [7, 11) is 0.